The molecule has 0 radical (unpaired) electrons. The largest absolute Gasteiger partial charge is 0.416 e. The van der Waals surface area contributed by atoms with Gasteiger partial charge in [0.05, 0.1) is 5.56 Å². The van der Waals surface area contributed by atoms with Crippen LogP contribution in [0.1, 0.15) is 43.2 Å². The van der Waals surface area contributed by atoms with Gasteiger partial charge in [0.15, 0.2) is 0 Å². The molecule has 108 valence electrons. The van der Waals surface area contributed by atoms with Gasteiger partial charge in [0.1, 0.15) is 5.78 Å². The Morgan fingerprint density at radius 3 is 2.60 bits per heavy atom. The summed E-state index contributed by atoms with van der Waals surface area (Å²) in [4.78, 5) is 11.9. The minimum atomic E-state index is -4.36. The molecule has 0 heterocycles. The Morgan fingerprint density at radius 1 is 1.15 bits per heavy atom. The molecule has 2 rings (SSSR count). The van der Waals surface area contributed by atoms with Gasteiger partial charge in [0, 0.05) is 12.8 Å². The Balaban J connectivity index is 1.99. The van der Waals surface area contributed by atoms with Crippen molar-refractivity contribution in [2.75, 3.05) is 0 Å². The van der Waals surface area contributed by atoms with Crippen molar-refractivity contribution in [3.05, 3.63) is 47.0 Å². The van der Waals surface area contributed by atoms with E-state index in [-0.39, 0.29) is 12.2 Å². The summed E-state index contributed by atoms with van der Waals surface area (Å²) < 4.78 is 37.8. The second-order valence-corrected chi connectivity index (χ2v) is 5.20. The topological polar surface area (TPSA) is 17.1 Å². The average molecular weight is 282 g/mol. The first kappa shape index (κ1) is 14.8. The highest BCUT2D eigenvalue weighted by Gasteiger charge is 2.30. The fraction of sp³-hybridized carbons (Fsp3) is 0.438. The third-order valence-electron chi connectivity index (χ3n) is 3.46. The maximum Gasteiger partial charge on any atom is 0.416 e. The first-order valence-corrected chi connectivity index (χ1v) is 6.81. The number of benzene rings is 1. The first-order valence-electron chi connectivity index (χ1n) is 6.81. The van der Waals surface area contributed by atoms with Gasteiger partial charge in [-0.2, -0.15) is 13.2 Å². The number of alkyl halides is 3. The highest BCUT2D eigenvalue weighted by atomic mass is 19.4. The molecule has 1 aliphatic carbocycles. The van der Waals surface area contributed by atoms with Crippen LogP contribution in [0.25, 0.3) is 0 Å². The number of allylic oxidation sites excluding steroid dienone is 2. The van der Waals surface area contributed by atoms with Crippen LogP contribution >= 0.6 is 0 Å². The minimum absolute atomic E-state index is 0.0162. The lowest BCUT2D eigenvalue weighted by Gasteiger charge is -2.12. The fourth-order valence-corrected chi connectivity index (χ4v) is 2.47. The summed E-state index contributed by atoms with van der Waals surface area (Å²) in [5.41, 5.74) is 0.870. The van der Waals surface area contributed by atoms with Crippen LogP contribution in [0.5, 0.6) is 0 Å². The Bertz CT molecular complexity index is 515. The lowest BCUT2D eigenvalue weighted by atomic mass is 9.94. The lowest BCUT2D eigenvalue weighted by molar-refractivity contribution is -0.137. The van der Waals surface area contributed by atoms with Crippen LogP contribution in [0, 0.1) is 0 Å². The van der Waals surface area contributed by atoms with E-state index in [0.29, 0.717) is 12.0 Å². The monoisotopic (exact) mass is 282 g/mol. The molecule has 0 aromatic heterocycles. The molecule has 1 nitrogen and oxygen atoms in total. The minimum Gasteiger partial charge on any atom is -0.299 e. The lowest BCUT2D eigenvalue weighted by Crippen LogP contribution is -2.08. The maximum atomic E-state index is 12.6. The van der Waals surface area contributed by atoms with Crippen LogP contribution in [0.3, 0.4) is 0 Å². The van der Waals surface area contributed by atoms with Gasteiger partial charge >= 0.3 is 6.18 Å². The van der Waals surface area contributed by atoms with Crippen LogP contribution in [0.15, 0.2) is 35.9 Å². The van der Waals surface area contributed by atoms with E-state index in [9.17, 15) is 18.0 Å². The Kier molecular flexibility index (Phi) is 4.63. The Hall–Kier alpha value is -1.58. The summed E-state index contributed by atoms with van der Waals surface area (Å²) >= 11 is 0. The molecule has 20 heavy (non-hydrogen) atoms. The SMILES string of the molecule is O=C(CC1=CCCCC1)Cc1cccc(C(F)(F)F)c1. The summed E-state index contributed by atoms with van der Waals surface area (Å²) in [6.07, 6.45) is 2.38. The predicted octanol–water partition coefficient (Wildman–Crippen LogP) is 4.71. The molecule has 0 saturated carbocycles. The maximum absolute atomic E-state index is 12.6. The zero-order chi connectivity index (χ0) is 14.6. The van der Waals surface area contributed by atoms with E-state index in [4.69, 9.17) is 0 Å². The van der Waals surface area contributed by atoms with Crippen LogP contribution in [0.4, 0.5) is 13.2 Å². The second-order valence-electron chi connectivity index (χ2n) is 5.20. The number of carbonyl (C=O) groups excluding carboxylic acids is 1. The standard InChI is InChI=1S/C16H17F3O/c17-16(18,19)14-8-4-7-13(9-14)11-15(20)10-12-5-2-1-3-6-12/h4-5,7-9H,1-3,6,10-11H2. The van der Waals surface area contributed by atoms with Gasteiger partial charge in [-0.05, 0) is 37.3 Å². The highest BCUT2D eigenvalue weighted by Crippen LogP contribution is 2.29. The number of rotatable bonds is 4. The molecule has 0 unspecified atom stereocenters. The summed E-state index contributed by atoms with van der Waals surface area (Å²) in [5, 5.41) is 0. The van der Waals surface area contributed by atoms with Crippen LogP contribution in [-0.4, -0.2) is 5.78 Å². The molecular weight excluding hydrogens is 265 g/mol. The molecule has 1 aliphatic rings. The normalized spacial score (nSPS) is 15.8. The highest BCUT2D eigenvalue weighted by molar-refractivity contribution is 5.83. The van der Waals surface area contributed by atoms with E-state index in [2.05, 4.69) is 6.08 Å². The molecule has 0 aliphatic heterocycles. The molecule has 1 aromatic rings. The van der Waals surface area contributed by atoms with Crippen molar-refractivity contribution in [2.24, 2.45) is 0 Å². The van der Waals surface area contributed by atoms with Crippen molar-refractivity contribution < 1.29 is 18.0 Å². The molecule has 0 spiro atoms. The molecule has 0 atom stereocenters. The number of Topliss-reactive ketones (excluding diaryl/α,β-unsaturated/α-hetero) is 1. The molecule has 0 fully saturated rings. The molecule has 0 amide bonds. The molecule has 4 heteroatoms. The van der Waals surface area contributed by atoms with E-state index < -0.39 is 11.7 Å². The van der Waals surface area contributed by atoms with Crippen molar-refractivity contribution in [1.29, 1.82) is 0 Å². The van der Waals surface area contributed by atoms with Gasteiger partial charge in [0.25, 0.3) is 0 Å². The molecular formula is C16H17F3O. The zero-order valence-electron chi connectivity index (χ0n) is 11.2. The van der Waals surface area contributed by atoms with Crippen molar-refractivity contribution in [3.63, 3.8) is 0 Å². The van der Waals surface area contributed by atoms with E-state index in [1.54, 1.807) is 6.07 Å². The van der Waals surface area contributed by atoms with Crippen LogP contribution < -0.4 is 0 Å². The Morgan fingerprint density at radius 2 is 1.95 bits per heavy atom. The van der Waals surface area contributed by atoms with E-state index >= 15 is 0 Å². The van der Waals surface area contributed by atoms with Crippen molar-refractivity contribution in [1.82, 2.24) is 0 Å². The summed E-state index contributed by atoms with van der Waals surface area (Å²) in [7, 11) is 0. The van der Waals surface area contributed by atoms with Gasteiger partial charge in [-0.25, -0.2) is 0 Å². The number of carbonyl (C=O) groups is 1. The molecule has 0 saturated heterocycles. The predicted molar refractivity (Wildman–Crippen MR) is 71.3 cm³/mol. The van der Waals surface area contributed by atoms with Gasteiger partial charge in [-0.3, -0.25) is 4.79 Å². The third-order valence-corrected chi connectivity index (χ3v) is 3.46. The van der Waals surface area contributed by atoms with Gasteiger partial charge in [-0.1, -0.05) is 29.8 Å². The van der Waals surface area contributed by atoms with Crippen molar-refractivity contribution >= 4 is 5.78 Å². The zero-order valence-corrected chi connectivity index (χ0v) is 11.2. The number of halogens is 3. The number of hydrogen-bond acceptors (Lipinski definition) is 1. The van der Waals surface area contributed by atoms with Gasteiger partial charge < -0.3 is 0 Å². The van der Waals surface area contributed by atoms with Gasteiger partial charge in [-0.15, -0.1) is 0 Å². The van der Waals surface area contributed by atoms with Crippen LogP contribution in [0.2, 0.25) is 0 Å². The summed E-state index contributed by atoms with van der Waals surface area (Å²) in [5.74, 6) is -0.0162. The van der Waals surface area contributed by atoms with Crippen LogP contribution in [-0.2, 0) is 17.4 Å². The molecule has 1 aromatic carbocycles. The quantitative estimate of drug-likeness (QED) is 0.731. The third kappa shape index (κ3) is 4.22. The number of hydrogen-bond donors (Lipinski definition) is 0. The van der Waals surface area contributed by atoms with Crippen molar-refractivity contribution in [2.45, 2.75) is 44.7 Å². The Labute approximate surface area is 116 Å². The smallest absolute Gasteiger partial charge is 0.299 e. The second kappa shape index (κ2) is 6.25. The molecule has 0 bridgehead atoms. The summed E-state index contributed by atoms with van der Waals surface area (Å²) in [6, 6.07) is 5.01. The number of ketones is 1. The van der Waals surface area contributed by atoms with E-state index in [1.165, 1.54) is 6.07 Å². The molecule has 0 N–H and O–H groups in total. The average Bonchev–Trinajstić information content (AvgIpc) is 2.39. The van der Waals surface area contributed by atoms with Gasteiger partial charge in [0.2, 0.25) is 0 Å². The van der Waals surface area contributed by atoms with E-state index in [0.717, 1.165) is 43.4 Å². The van der Waals surface area contributed by atoms with E-state index in [1.807, 2.05) is 0 Å². The first-order chi connectivity index (χ1) is 9.45. The fourth-order valence-electron chi connectivity index (χ4n) is 2.47. The summed E-state index contributed by atoms with van der Waals surface area (Å²) in [6.45, 7) is 0. The van der Waals surface area contributed by atoms with Crippen molar-refractivity contribution in [3.8, 4) is 0 Å².